The van der Waals surface area contributed by atoms with E-state index in [1.807, 2.05) is 25.7 Å². The first-order valence-corrected chi connectivity index (χ1v) is 8.13. The van der Waals surface area contributed by atoms with Crippen molar-refractivity contribution < 1.29 is 14.3 Å². The predicted molar refractivity (Wildman–Crippen MR) is 81.0 cm³/mol. The van der Waals surface area contributed by atoms with Gasteiger partial charge in [0.25, 0.3) is 0 Å². The van der Waals surface area contributed by atoms with Crippen molar-refractivity contribution >= 4 is 12.0 Å². The Balaban J connectivity index is 1.80. The third-order valence-corrected chi connectivity index (χ3v) is 4.20. The van der Waals surface area contributed by atoms with E-state index in [0.717, 1.165) is 12.8 Å². The molecule has 0 N–H and O–H groups in total. The SMILES string of the molecule is CC(C)(C)OC(=O)N1CCN(C(=O)C2CCCCC2)CC1. The summed E-state index contributed by atoms with van der Waals surface area (Å²) in [5.41, 5.74) is -0.466. The Morgan fingerprint density at radius 2 is 1.43 bits per heavy atom. The van der Waals surface area contributed by atoms with Crippen molar-refractivity contribution in [1.29, 1.82) is 0 Å². The summed E-state index contributed by atoms with van der Waals surface area (Å²) in [5, 5.41) is 0. The molecule has 0 unspecified atom stereocenters. The molecule has 0 atom stereocenters. The molecule has 0 spiro atoms. The van der Waals surface area contributed by atoms with Gasteiger partial charge in [-0.05, 0) is 33.6 Å². The Morgan fingerprint density at radius 3 is 1.95 bits per heavy atom. The number of carbonyl (C=O) groups is 2. The number of carbonyl (C=O) groups excluding carboxylic acids is 2. The largest absolute Gasteiger partial charge is 0.444 e. The van der Waals surface area contributed by atoms with E-state index in [-0.39, 0.29) is 12.0 Å². The maximum atomic E-state index is 12.4. The zero-order valence-electron chi connectivity index (χ0n) is 13.6. The normalized spacial score (nSPS) is 21.3. The number of rotatable bonds is 1. The number of hydrogen-bond acceptors (Lipinski definition) is 3. The minimum absolute atomic E-state index is 0.215. The fourth-order valence-electron chi connectivity index (χ4n) is 3.04. The molecule has 1 saturated heterocycles. The van der Waals surface area contributed by atoms with Crippen LogP contribution in [0.2, 0.25) is 0 Å². The van der Waals surface area contributed by atoms with Crippen LogP contribution in [-0.2, 0) is 9.53 Å². The van der Waals surface area contributed by atoms with E-state index in [9.17, 15) is 9.59 Å². The minimum atomic E-state index is -0.466. The van der Waals surface area contributed by atoms with Crippen molar-refractivity contribution in [3.63, 3.8) is 0 Å². The van der Waals surface area contributed by atoms with Crippen LogP contribution in [0.15, 0.2) is 0 Å². The Morgan fingerprint density at radius 1 is 0.905 bits per heavy atom. The number of piperazine rings is 1. The Hall–Kier alpha value is -1.26. The van der Waals surface area contributed by atoms with E-state index in [2.05, 4.69) is 0 Å². The van der Waals surface area contributed by atoms with Crippen molar-refractivity contribution in [2.75, 3.05) is 26.2 Å². The molecule has 1 aliphatic carbocycles. The van der Waals surface area contributed by atoms with Gasteiger partial charge in [-0.2, -0.15) is 0 Å². The summed E-state index contributed by atoms with van der Waals surface area (Å²) in [7, 11) is 0. The molecule has 2 amide bonds. The standard InChI is InChI=1S/C16H28N2O3/c1-16(2,3)21-15(20)18-11-9-17(10-12-18)14(19)13-7-5-4-6-8-13/h13H,4-12H2,1-3H3. The van der Waals surface area contributed by atoms with Gasteiger partial charge in [-0.15, -0.1) is 0 Å². The smallest absolute Gasteiger partial charge is 0.410 e. The fraction of sp³-hybridized carbons (Fsp3) is 0.875. The Bertz CT molecular complexity index is 375. The van der Waals surface area contributed by atoms with Gasteiger partial charge >= 0.3 is 6.09 Å². The van der Waals surface area contributed by atoms with E-state index in [4.69, 9.17) is 4.74 Å². The molecule has 0 aromatic carbocycles. The van der Waals surface area contributed by atoms with Crippen LogP contribution >= 0.6 is 0 Å². The third kappa shape index (κ3) is 4.61. The zero-order valence-corrected chi connectivity index (χ0v) is 13.6. The van der Waals surface area contributed by atoms with Crippen molar-refractivity contribution in [2.24, 2.45) is 5.92 Å². The van der Waals surface area contributed by atoms with Crippen molar-refractivity contribution in [3.8, 4) is 0 Å². The second-order valence-electron chi connectivity index (χ2n) is 7.13. The highest BCUT2D eigenvalue weighted by molar-refractivity contribution is 5.79. The first kappa shape index (κ1) is 16.1. The first-order chi connectivity index (χ1) is 9.87. The molecule has 0 bridgehead atoms. The lowest BCUT2D eigenvalue weighted by atomic mass is 9.88. The van der Waals surface area contributed by atoms with Crippen LogP contribution in [0.1, 0.15) is 52.9 Å². The van der Waals surface area contributed by atoms with Gasteiger partial charge in [-0.3, -0.25) is 4.79 Å². The molecule has 2 fully saturated rings. The molecular formula is C16H28N2O3. The second-order valence-corrected chi connectivity index (χ2v) is 7.13. The van der Waals surface area contributed by atoms with Crippen LogP contribution in [0.4, 0.5) is 4.79 Å². The average Bonchev–Trinajstić information content (AvgIpc) is 2.46. The van der Waals surface area contributed by atoms with Crippen LogP contribution in [0.25, 0.3) is 0 Å². The minimum Gasteiger partial charge on any atom is -0.444 e. The number of ether oxygens (including phenoxy) is 1. The average molecular weight is 296 g/mol. The molecule has 0 aromatic heterocycles. The Labute approximate surface area is 127 Å². The molecule has 0 aromatic rings. The molecule has 120 valence electrons. The monoisotopic (exact) mass is 296 g/mol. The lowest BCUT2D eigenvalue weighted by Gasteiger charge is -2.37. The van der Waals surface area contributed by atoms with Crippen LogP contribution in [0.5, 0.6) is 0 Å². The van der Waals surface area contributed by atoms with Gasteiger partial charge in [-0.25, -0.2) is 4.79 Å². The van der Waals surface area contributed by atoms with E-state index < -0.39 is 5.60 Å². The molecule has 1 aliphatic heterocycles. The third-order valence-electron chi connectivity index (χ3n) is 4.20. The molecule has 2 aliphatic rings. The van der Waals surface area contributed by atoms with Crippen LogP contribution in [-0.4, -0.2) is 53.6 Å². The number of nitrogens with zero attached hydrogens (tertiary/aromatic N) is 2. The maximum absolute atomic E-state index is 12.4. The van der Waals surface area contributed by atoms with E-state index in [0.29, 0.717) is 32.1 Å². The highest BCUT2D eigenvalue weighted by Gasteiger charge is 2.31. The summed E-state index contributed by atoms with van der Waals surface area (Å²) >= 11 is 0. The van der Waals surface area contributed by atoms with E-state index >= 15 is 0 Å². The second kappa shape index (κ2) is 6.67. The summed E-state index contributed by atoms with van der Waals surface area (Å²) in [6.07, 6.45) is 5.40. The molecule has 21 heavy (non-hydrogen) atoms. The number of amides is 2. The lowest BCUT2D eigenvalue weighted by molar-refractivity contribution is -0.138. The molecule has 1 heterocycles. The molecule has 5 nitrogen and oxygen atoms in total. The summed E-state index contributed by atoms with van der Waals surface area (Å²) in [6.45, 7) is 8.03. The number of hydrogen-bond donors (Lipinski definition) is 0. The summed E-state index contributed by atoms with van der Waals surface area (Å²) in [6, 6.07) is 0. The molecule has 0 radical (unpaired) electrons. The summed E-state index contributed by atoms with van der Waals surface area (Å²) in [4.78, 5) is 28.1. The Kier molecular flexibility index (Phi) is 5.12. The molecule has 5 heteroatoms. The van der Waals surface area contributed by atoms with Crippen LogP contribution in [0, 0.1) is 5.92 Å². The highest BCUT2D eigenvalue weighted by atomic mass is 16.6. The van der Waals surface area contributed by atoms with Crippen molar-refractivity contribution in [3.05, 3.63) is 0 Å². The van der Waals surface area contributed by atoms with E-state index in [1.54, 1.807) is 4.90 Å². The van der Waals surface area contributed by atoms with Gasteiger partial charge in [0.2, 0.25) is 5.91 Å². The molecule has 1 saturated carbocycles. The van der Waals surface area contributed by atoms with Gasteiger partial charge in [-0.1, -0.05) is 19.3 Å². The predicted octanol–water partition coefficient (Wildman–Crippen LogP) is 2.65. The van der Waals surface area contributed by atoms with Crippen molar-refractivity contribution in [1.82, 2.24) is 9.80 Å². The molecular weight excluding hydrogens is 268 g/mol. The first-order valence-electron chi connectivity index (χ1n) is 8.13. The van der Waals surface area contributed by atoms with Crippen molar-refractivity contribution in [2.45, 2.75) is 58.5 Å². The quantitative estimate of drug-likeness (QED) is 0.747. The lowest BCUT2D eigenvalue weighted by Crippen LogP contribution is -2.52. The highest BCUT2D eigenvalue weighted by Crippen LogP contribution is 2.26. The van der Waals surface area contributed by atoms with Crippen LogP contribution in [0.3, 0.4) is 0 Å². The van der Waals surface area contributed by atoms with E-state index in [1.165, 1.54) is 19.3 Å². The van der Waals surface area contributed by atoms with Gasteiger partial charge in [0.1, 0.15) is 5.60 Å². The van der Waals surface area contributed by atoms with Gasteiger partial charge in [0.15, 0.2) is 0 Å². The van der Waals surface area contributed by atoms with Crippen LogP contribution < -0.4 is 0 Å². The summed E-state index contributed by atoms with van der Waals surface area (Å²) in [5.74, 6) is 0.505. The zero-order chi connectivity index (χ0) is 15.5. The summed E-state index contributed by atoms with van der Waals surface area (Å²) < 4.78 is 5.37. The van der Waals surface area contributed by atoms with Gasteiger partial charge in [0, 0.05) is 32.1 Å². The van der Waals surface area contributed by atoms with Gasteiger partial charge < -0.3 is 14.5 Å². The van der Waals surface area contributed by atoms with Gasteiger partial charge in [0.05, 0.1) is 0 Å². The molecule has 2 rings (SSSR count). The maximum Gasteiger partial charge on any atom is 0.410 e. The topological polar surface area (TPSA) is 49.9 Å². The fourth-order valence-corrected chi connectivity index (χ4v) is 3.04.